The van der Waals surface area contributed by atoms with Gasteiger partial charge in [-0.15, -0.1) is 0 Å². The van der Waals surface area contributed by atoms with E-state index in [1.807, 2.05) is 6.07 Å². The molecule has 0 saturated carbocycles. The maximum absolute atomic E-state index is 12.9. The first-order chi connectivity index (χ1) is 11.9. The smallest absolute Gasteiger partial charge is 0.344 e. The number of halogens is 1. The third kappa shape index (κ3) is 3.23. The number of hydrogen-bond acceptors (Lipinski definition) is 4. The quantitative estimate of drug-likeness (QED) is 0.753. The summed E-state index contributed by atoms with van der Waals surface area (Å²) < 4.78 is 11.3. The molecule has 3 rings (SSSR count). The molecule has 6 heteroatoms. The summed E-state index contributed by atoms with van der Waals surface area (Å²) in [5, 5.41) is 9.77. The van der Waals surface area contributed by atoms with Crippen molar-refractivity contribution >= 4 is 28.5 Å². The van der Waals surface area contributed by atoms with Gasteiger partial charge in [0.15, 0.2) is 11.9 Å². The van der Waals surface area contributed by atoms with Crippen LogP contribution < -0.4 is 10.2 Å². The Morgan fingerprint density at radius 3 is 2.56 bits per heavy atom. The van der Waals surface area contributed by atoms with Crippen LogP contribution in [0.25, 0.3) is 22.3 Å². The van der Waals surface area contributed by atoms with E-state index in [0.717, 1.165) is 5.56 Å². The molecule has 5 nitrogen and oxygen atoms in total. The van der Waals surface area contributed by atoms with Crippen LogP contribution in [0.5, 0.6) is 5.75 Å². The standard InChI is InChI=1S/C19H15ClO5/c1-10-8-15-13(9-14(10)20)16(21)18(24-11(2)19(22)23)17(25-15)12-6-4-3-5-7-12/h3-9,11H,1-2H3,(H,22,23). The topological polar surface area (TPSA) is 76.7 Å². The van der Waals surface area contributed by atoms with Crippen molar-refractivity contribution in [2.45, 2.75) is 20.0 Å². The van der Waals surface area contributed by atoms with Crippen molar-refractivity contribution in [2.75, 3.05) is 0 Å². The van der Waals surface area contributed by atoms with Gasteiger partial charge < -0.3 is 14.3 Å². The number of aryl methyl sites for hydroxylation is 1. The second-order valence-electron chi connectivity index (χ2n) is 5.65. The summed E-state index contributed by atoms with van der Waals surface area (Å²) in [5.41, 5.74) is 1.28. The Labute approximate surface area is 148 Å². The molecular formula is C19H15ClO5. The zero-order chi connectivity index (χ0) is 18.1. The fourth-order valence-corrected chi connectivity index (χ4v) is 2.58. The molecule has 1 unspecified atom stereocenters. The predicted octanol–water partition coefficient (Wildman–Crippen LogP) is 4.27. The number of ether oxygens (including phenoxy) is 1. The first kappa shape index (κ1) is 17.0. The molecule has 0 fully saturated rings. The monoisotopic (exact) mass is 358 g/mol. The lowest BCUT2D eigenvalue weighted by atomic mass is 10.1. The van der Waals surface area contributed by atoms with E-state index < -0.39 is 17.5 Å². The first-order valence-electron chi connectivity index (χ1n) is 7.60. The highest BCUT2D eigenvalue weighted by Gasteiger charge is 2.22. The summed E-state index contributed by atoms with van der Waals surface area (Å²) in [6.07, 6.45) is -1.20. The van der Waals surface area contributed by atoms with E-state index in [2.05, 4.69) is 0 Å². The van der Waals surface area contributed by atoms with Crippen molar-refractivity contribution in [3.8, 4) is 17.1 Å². The zero-order valence-corrected chi connectivity index (χ0v) is 14.3. The van der Waals surface area contributed by atoms with Crippen molar-refractivity contribution in [1.82, 2.24) is 0 Å². The molecule has 0 radical (unpaired) electrons. The minimum absolute atomic E-state index is 0.145. The van der Waals surface area contributed by atoms with Gasteiger partial charge in [0.25, 0.3) is 0 Å². The number of fused-ring (bicyclic) bond motifs is 1. The lowest BCUT2D eigenvalue weighted by Crippen LogP contribution is -2.26. The van der Waals surface area contributed by atoms with Crippen molar-refractivity contribution in [3.63, 3.8) is 0 Å². The third-order valence-corrected chi connectivity index (χ3v) is 4.22. The number of carboxylic acid groups (broad SMARTS) is 1. The lowest BCUT2D eigenvalue weighted by Gasteiger charge is -2.14. The molecular weight excluding hydrogens is 344 g/mol. The summed E-state index contributed by atoms with van der Waals surface area (Å²) in [4.78, 5) is 24.1. The third-order valence-electron chi connectivity index (χ3n) is 3.81. The highest BCUT2D eigenvalue weighted by atomic mass is 35.5. The molecule has 0 aliphatic rings. The van der Waals surface area contributed by atoms with Crippen molar-refractivity contribution < 1.29 is 19.1 Å². The van der Waals surface area contributed by atoms with Gasteiger partial charge >= 0.3 is 5.97 Å². The van der Waals surface area contributed by atoms with Crippen molar-refractivity contribution in [2.24, 2.45) is 0 Å². The van der Waals surface area contributed by atoms with Crippen LogP contribution >= 0.6 is 11.6 Å². The number of carbonyl (C=O) groups is 1. The van der Waals surface area contributed by atoms with Crippen LogP contribution in [0.4, 0.5) is 0 Å². The maximum Gasteiger partial charge on any atom is 0.344 e. The highest BCUT2D eigenvalue weighted by molar-refractivity contribution is 6.32. The van der Waals surface area contributed by atoms with E-state index in [1.54, 1.807) is 37.3 Å². The van der Waals surface area contributed by atoms with Crippen LogP contribution in [-0.4, -0.2) is 17.2 Å². The highest BCUT2D eigenvalue weighted by Crippen LogP contribution is 2.33. The number of hydrogen-bond donors (Lipinski definition) is 1. The number of aliphatic carboxylic acids is 1. The van der Waals surface area contributed by atoms with Crippen LogP contribution in [0.3, 0.4) is 0 Å². The summed E-state index contributed by atoms with van der Waals surface area (Å²) in [7, 11) is 0. The van der Waals surface area contributed by atoms with Crippen molar-refractivity contribution in [1.29, 1.82) is 0 Å². The van der Waals surface area contributed by atoms with Gasteiger partial charge in [-0.25, -0.2) is 4.79 Å². The van der Waals surface area contributed by atoms with Gasteiger partial charge in [-0.3, -0.25) is 4.79 Å². The number of benzene rings is 2. The molecule has 1 aromatic heterocycles. The molecule has 25 heavy (non-hydrogen) atoms. The van der Waals surface area contributed by atoms with E-state index in [-0.39, 0.29) is 16.9 Å². The molecule has 0 bridgehead atoms. The van der Waals surface area contributed by atoms with Crippen LogP contribution in [0.15, 0.2) is 51.7 Å². The van der Waals surface area contributed by atoms with Gasteiger partial charge in [0.2, 0.25) is 11.2 Å². The van der Waals surface area contributed by atoms with Gasteiger partial charge in [-0.05, 0) is 31.5 Å². The van der Waals surface area contributed by atoms with Gasteiger partial charge in [0.1, 0.15) is 5.58 Å². The second kappa shape index (κ2) is 6.61. The van der Waals surface area contributed by atoms with E-state index >= 15 is 0 Å². The van der Waals surface area contributed by atoms with Gasteiger partial charge in [0.05, 0.1) is 5.39 Å². The lowest BCUT2D eigenvalue weighted by molar-refractivity contribution is -0.144. The molecule has 3 aromatic rings. The van der Waals surface area contributed by atoms with Crippen LogP contribution in [0.2, 0.25) is 5.02 Å². The zero-order valence-electron chi connectivity index (χ0n) is 13.6. The Balaban J connectivity index is 2.32. The molecule has 128 valence electrons. The van der Waals surface area contributed by atoms with Crippen LogP contribution in [0.1, 0.15) is 12.5 Å². The molecule has 2 aromatic carbocycles. The molecule has 0 aliphatic carbocycles. The van der Waals surface area contributed by atoms with Gasteiger partial charge in [-0.1, -0.05) is 41.9 Å². The average molecular weight is 359 g/mol. The van der Waals surface area contributed by atoms with E-state index in [4.69, 9.17) is 25.9 Å². The van der Waals surface area contributed by atoms with Crippen LogP contribution in [-0.2, 0) is 4.79 Å². The van der Waals surface area contributed by atoms with E-state index in [1.165, 1.54) is 13.0 Å². The van der Waals surface area contributed by atoms with Gasteiger partial charge in [0, 0.05) is 10.6 Å². The maximum atomic E-state index is 12.9. The Morgan fingerprint density at radius 1 is 1.24 bits per heavy atom. The van der Waals surface area contributed by atoms with E-state index in [0.29, 0.717) is 16.2 Å². The molecule has 0 amide bonds. The molecule has 0 aliphatic heterocycles. The minimum Gasteiger partial charge on any atom is -0.479 e. The largest absolute Gasteiger partial charge is 0.479 e. The van der Waals surface area contributed by atoms with Crippen LogP contribution in [0, 0.1) is 6.92 Å². The normalized spacial score (nSPS) is 12.1. The summed E-state index contributed by atoms with van der Waals surface area (Å²) in [6.45, 7) is 3.16. The second-order valence-corrected chi connectivity index (χ2v) is 6.06. The molecule has 1 heterocycles. The fourth-order valence-electron chi connectivity index (χ4n) is 2.41. The predicted molar refractivity (Wildman–Crippen MR) is 95.4 cm³/mol. The Kier molecular flexibility index (Phi) is 4.51. The first-order valence-corrected chi connectivity index (χ1v) is 7.98. The van der Waals surface area contributed by atoms with Crippen molar-refractivity contribution in [3.05, 3.63) is 63.3 Å². The Morgan fingerprint density at radius 2 is 1.92 bits per heavy atom. The molecule has 1 N–H and O–H groups in total. The molecule has 0 saturated heterocycles. The van der Waals surface area contributed by atoms with E-state index in [9.17, 15) is 9.59 Å². The number of rotatable bonds is 4. The molecule has 0 spiro atoms. The number of carboxylic acids is 1. The Bertz CT molecular complexity index is 1010. The fraction of sp³-hybridized carbons (Fsp3) is 0.158. The molecule has 1 atom stereocenters. The minimum atomic E-state index is -1.20. The Hall–Kier alpha value is -2.79. The summed E-state index contributed by atoms with van der Waals surface area (Å²) >= 11 is 6.11. The average Bonchev–Trinajstić information content (AvgIpc) is 2.59. The SMILES string of the molecule is Cc1cc2oc(-c3ccccc3)c(OC(C)C(=O)O)c(=O)c2cc1Cl. The summed E-state index contributed by atoms with van der Waals surface area (Å²) in [6, 6.07) is 12.1. The van der Waals surface area contributed by atoms with Gasteiger partial charge in [-0.2, -0.15) is 0 Å². The summed E-state index contributed by atoms with van der Waals surface area (Å²) in [5.74, 6) is -1.14.